The third-order valence-corrected chi connectivity index (χ3v) is 4.83. The number of likely N-dealkylation sites (N-methyl/N-ethyl adjacent to an activating group) is 1. The first kappa shape index (κ1) is 17.0. The average molecular weight is 326 g/mol. The Labute approximate surface area is 144 Å². The first-order chi connectivity index (χ1) is 11.7. The first-order valence-electron chi connectivity index (χ1n) is 8.55. The fourth-order valence-corrected chi connectivity index (χ4v) is 3.20. The van der Waals surface area contributed by atoms with Gasteiger partial charge in [0.15, 0.2) is 0 Å². The van der Waals surface area contributed by atoms with E-state index in [0.717, 1.165) is 36.7 Å². The summed E-state index contributed by atoms with van der Waals surface area (Å²) in [6, 6.07) is 18.3. The van der Waals surface area contributed by atoms with E-state index in [1.165, 1.54) is 0 Å². The summed E-state index contributed by atoms with van der Waals surface area (Å²) in [6.07, 6.45) is 0. The van der Waals surface area contributed by atoms with Gasteiger partial charge in [0, 0.05) is 25.7 Å². The van der Waals surface area contributed by atoms with E-state index in [4.69, 9.17) is 4.74 Å². The Hall–Kier alpha value is -1.88. The van der Waals surface area contributed by atoms with Crippen molar-refractivity contribution in [3.8, 4) is 11.5 Å². The van der Waals surface area contributed by atoms with E-state index in [1.54, 1.807) is 0 Å². The number of nitrogens with zero attached hydrogens (tertiary/aromatic N) is 2. The lowest BCUT2D eigenvalue weighted by Crippen LogP contribution is -2.51. The molecule has 4 heteroatoms. The summed E-state index contributed by atoms with van der Waals surface area (Å²) in [7, 11) is 2.16. The van der Waals surface area contributed by atoms with E-state index >= 15 is 0 Å². The van der Waals surface area contributed by atoms with Crippen LogP contribution in [-0.4, -0.2) is 54.2 Å². The fraction of sp³-hybridized carbons (Fsp3) is 0.400. The minimum absolute atomic E-state index is 0.0143. The Morgan fingerprint density at radius 3 is 2.54 bits per heavy atom. The van der Waals surface area contributed by atoms with E-state index in [0.29, 0.717) is 6.04 Å². The highest BCUT2D eigenvalue weighted by Crippen LogP contribution is 2.28. The van der Waals surface area contributed by atoms with E-state index in [2.05, 4.69) is 29.8 Å². The van der Waals surface area contributed by atoms with Crippen LogP contribution in [0.3, 0.4) is 0 Å². The molecule has 0 amide bonds. The van der Waals surface area contributed by atoms with Gasteiger partial charge in [0.2, 0.25) is 0 Å². The standard InChI is InChI=1S/C20H26N2O2/c1-16-14-22(12-11-21(16)2)20(15-23)17-7-6-10-19(13-17)24-18-8-4-3-5-9-18/h3-10,13,16,20,23H,11-12,14-15H2,1-2H3. The van der Waals surface area contributed by atoms with Crippen molar-refractivity contribution in [2.24, 2.45) is 0 Å². The number of ether oxygens (including phenoxy) is 1. The first-order valence-corrected chi connectivity index (χ1v) is 8.55. The maximum Gasteiger partial charge on any atom is 0.127 e. The summed E-state index contributed by atoms with van der Waals surface area (Å²) in [4.78, 5) is 4.73. The van der Waals surface area contributed by atoms with Crippen LogP contribution in [0.1, 0.15) is 18.5 Å². The molecular weight excluding hydrogens is 300 g/mol. The fourth-order valence-electron chi connectivity index (χ4n) is 3.20. The van der Waals surface area contributed by atoms with Crippen LogP contribution in [0, 0.1) is 0 Å². The molecule has 4 nitrogen and oxygen atoms in total. The van der Waals surface area contributed by atoms with E-state index in [1.807, 2.05) is 48.5 Å². The van der Waals surface area contributed by atoms with Gasteiger partial charge in [-0.1, -0.05) is 30.3 Å². The van der Waals surface area contributed by atoms with Crippen LogP contribution in [0.25, 0.3) is 0 Å². The molecule has 2 aromatic rings. The van der Waals surface area contributed by atoms with Crippen LogP contribution in [0.5, 0.6) is 11.5 Å². The zero-order valence-electron chi connectivity index (χ0n) is 14.4. The molecule has 2 unspecified atom stereocenters. The molecule has 2 atom stereocenters. The predicted octanol–water partition coefficient (Wildman–Crippen LogP) is 3.15. The largest absolute Gasteiger partial charge is 0.457 e. The lowest BCUT2D eigenvalue weighted by atomic mass is 10.0. The molecular formula is C20H26N2O2. The van der Waals surface area contributed by atoms with E-state index < -0.39 is 0 Å². The Balaban J connectivity index is 1.76. The smallest absolute Gasteiger partial charge is 0.127 e. The van der Waals surface area contributed by atoms with Crippen molar-refractivity contribution >= 4 is 0 Å². The zero-order chi connectivity index (χ0) is 16.9. The number of rotatable bonds is 5. The maximum absolute atomic E-state index is 9.97. The van der Waals surface area contributed by atoms with Crippen LogP contribution in [-0.2, 0) is 0 Å². The minimum atomic E-state index is 0.0143. The Bertz CT molecular complexity index is 647. The number of aliphatic hydroxyl groups is 1. The number of piperazine rings is 1. The summed E-state index contributed by atoms with van der Waals surface area (Å²) < 4.78 is 5.93. The molecule has 1 fully saturated rings. The van der Waals surface area contributed by atoms with Gasteiger partial charge in [0.25, 0.3) is 0 Å². The predicted molar refractivity (Wildman–Crippen MR) is 96.4 cm³/mol. The molecule has 3 rings (SSSR count). The third kappa shape index (κ3) is 3.96. The van der Waals surface area contributed by atoms with Crippen LogP contribution < -0.4 is 4.74 Å². The van der Waals surface area contributed by atoms with Crippen molar-refractivity contribution in [3.63, 3.8) is 0 Å². The van der Waals surface area contributed by atoms with Gasteiger partial charge in [0.1, 0.15) is 11.5 Å². The molecule has 1 aliphatic rings. The second kappa shape index (κ2) is 7.79. The third-order valence-electron chi connectivity index (χ3n) is 4.83. The van der Waals surface area contributed by atoms with Crippen molar-refractivity contribution in [1.29, 1.82) is 0 Å². The Kier molecular flexibility index (Phi) is 5.51. The molecule has 0 spiro atoms. The lowest BCUT2D eigenvalue weighted by molar-refractivity contribution is 0.0463. The molecule has 1 saturated heterocycles. The second-order valence-electron chi connectivity index (χ2n) is 6.51. The molecule has 128 valence electrons. The molecule has 0 bridgehead atoms. The van der Waals surface area contributed by atoms with Crippen molar-refractivity contribution < 1.29 is 9.84 Å². The second-order valence-corrected chi connectivity index (χ2v) is 6.51. The molecule has 0 saturated carbocycles. The molecule has 1 N–H and O–H groups in total. The SMILES string of the molecule is CC1CN(C(CO)c2cccc(Oc3ccccc3)c2)CCN1C. The summed E-state index contributed by atoms with van der Waals surface area (Å²) in [6.45, 7) is 5.31. The van der Waals surface area contributed by atoms with E-state index in [-0.39, 0.29) is 12.6 Å². The molecule has 0 aliphatic carbocycles. The molecule has 2 aromatic carbocycles. The van der Waals surface area contributed by atoms with Gasteiger partial charge in [-0.2, -0.15) is 0 Å². The van der Waals surface area contributed by atoms with Gasteiger partial charge in [0.05, 0.1) is 12.6 Å². The Morgan fingerprint density at radius 1 is 1.08 bits per heavy atom. The van der Waals surface area contributed by atoms with Crippen molar-refractivity contribution in [3.05, 3.63) is 60.2 Å². The van der Waals surface area contributed by atoms with Crippen LogP contribution in [0.15, 0.2) is 54.6 Å². The molecule has 24 heavy (non-hydrogen) atoms. The van der Waals surface area contributed by atoms with Gasteiger partial charge in [-0.15, -0.1) is 0 Å². The molecule has 1 heterocycles. The van der Waals surface area contributed by atoms with Gasteiger partial charge < -0.3 is 14.7 Å². The number of hydrogen-bond acceptors (Lipinski definition) is 4. The van der Waals surface area contributed by atoms with E-state index in [9.17, 15) is 5.11 Å². The summed E-state index contributed by atoms with van der Waals surface area (Å²) >= 11 is 0. The van der Waals surface area contributed by atoms with Gasteiger partial charge >= 0.3 is 0 Å². The molecule has 0 aromatic heterocycles. The zero-order valence-corrected chi connectivity index (χ0v) is 14.4. The Morgan fingerprint density at radius 2 is 1.83 bits per heavy atom. The monoisotopic (exact) mass is 326 g/mol. The summed E-state index contributed by atoms with van der Waals surface area (Å²) in [5.41, 5.74) is 1.10. The highest BCUT2D eigenvalue weighted by Gasteiger charge is 2.27. The lowest BCUT2D eigenvalue weighted by Gasteiger charge is -2.41. The van der Waals surface area contributed by atoms with Crippen LogP contribution >= 0.6 is 0 Å². The highest BCUT2D eigenvalue weighted by molar-refractivity contribution is 5.35. The number of hydrogen-bond donors (Lipinski definition) is 1. The minimum Gasteiger partial charge on any atom is -0.457 e. The molecule has 1 aliphatic heterocycles. The summed E-state index contributed by atoms with van der Waals surface area (Å²) in [5.74, 6) is 1.63. The molecule has 0 radical (unpaired) electrons. The van der Waals surface area contributed by atoms with Gasteiger partial charge in [-0.05, 0) is 43.8 Å². The number of aliphatic hydroxyl groups excluding tert-OH is 1. The van der Waals surface area contributed by atoms with Crippen LogP contribution in [0.4, 0.5) is 0 Å². The number of para-hydroxylation sites is 1. The van der Waals surface area contributed by atoms with Crippen molar-refractivity contribution in [1.82, 2.24) is 9.80 Å². The highest BCUT2D eigenvalue weighted by atomic mass is 16.5. The van der Waals surface area contributed by atoms with Crippen molar-refractivity contribution in [2.45, 2.75) is 19.0 Å². The normalized spacial score (nSPS) is 20.7. The quantitative estimate of drug-likeness (QED) is 0.916. The number of benzene rings is 2. The van der Waals surface area contributed by atoms with Crippen molar-refractivity contribution in [2.75, 3.05) is 33.3 Å². The summed E-state index contributed by atoms with van der Waals surface area (Å²) in [5, 5.41) is 9.97. The van der Waals surface area contributed by atoms with Gasteiger partial charge in [-0.25, -0.2) is 0 Å². The maximum atomic E-state index is 9.97. The topological polar surface area (TPSA) is 35.9 Å². The van der Waals surface area contributed by atoms with Crippen LogP contribution in [0.2, 0.25) is 0 Å². The average Bonchev–Trinajstić information content (AvgIpc) is 2.60. The van der Waals surface area contributed by atoms with Gasteiger partial charge in [-0.3, -0.25) is 4.90 Å².